The quantitative estimate of drug-likeness (QED) is 0.530. The molecule has 0 bridgehead atoms. The summed E-state index contributed by atoms with van der Waals surface area (Å²) in [4.78, 5) is 5.08. The second kappa shape index (κ2) is 6.93. The summed E-state index contributed by atoms with van der Waals surface area (Å²) in [6.45, 7) is 0.544. The highest BCUT2D eigenvalue weighted by Gasteiger charge is 2.17. The number of halogens is 2. The molecular formula is C18H14ClFN4OS. The molecule has 0 atom stereocenters. The van der Waals surface area contributed by atoms with Gasteiger partial charge in [-0.25, -0.2) is 9.37 Å². The maximum atomic E-state index is 13.0. The maximum Gasteiger partial charge on any atom is 0.215 e. The molecule has 5 nitrogen and oxygen atoms in total. The van der Waals surface area contributed by atoms with Gasteiger partial charge in [-0.3, -0.25) is 0 Å². The molecule has 0 radical (unpaired) electrons. The Morgan fingerprint density at radius 2 is 1.88 bits per heavy atom. The zero-order valence-electron chi connectivity index (χ0n) is 13.7. The van der Waals surface area contributed by atoms with Gasteiger partial charge >= 0.3 is 0 Å². The second-order valence-corrected chi connectivity index (χ2v) is 6.88. The number of ether oxygens (including phenoxy) is 1. The minimum Gasteiger partial charge on any atom is -0.497 e. The van der Waals surface area contributed by atoms with Gasteiger partial charge in [0.15, 0.2) is 5.15 Å². The Morgan fingerprint density at radius 3 is 2.58 bits per heavy atom. The molecule has 0 unspecified atom stereocenters. The van der Waals surface area contributed by atoms with Gasteiger partial charge in [0.2, 0.25) is 10.1 Å². The fourth-order valence-corrected chi connectivity index (χ4v) is 3.68. The van der Waals surface area contributed by atoms with Crippen molar-refractivity contribution < 1.29 is 9.13 Å². The fourth-order valence-electron chi connectivity index (χ4n) is 2.57. The van der Waals surface area contributed by atoms with Gasteiger partial charge < -0.3 is 10.1 Å². The Kier molecular flexibility index (Phi) is 4.48. The molecule has 0 amide bonds. The second-order valence-electron chi connectivity index (χ2n) is 5.56. The fraction of sp³-hybridized carbons (Fsp3) is 0.111. The molecule has 2 aromatic heterocycles. The summed E-state index contributed by atoms with van der Waals surface area (Å²) in [5.74, 6) is 0.519. The van der Waals surface area contributed by atoms with E-state index in [0.29, 0.717) is 21.8 Å². The first kappa shape index (κ1) is 16.8. The summed E-state index contributed by atoms with van der Waals surface area (Å²) in [5, 5.41) is 8.90. The third-order valence-electron chi connectivity index (χ3n) is 3.88. The zero-order valence-corrected chi connectivity index (χ0v) is 15.3. The third-order valence-corrected chi connectivity index (χ3v) is 5.01. The standard InChI is InChI=1S/C18H14ClFN4OS/c1-25-14-8-4-12(5-9-14)15-16(19)22-18-24(15)23-17(26-18)21-10-11-2-6-13(20)7-3-11/h2-9H,10H2,1H3,(H,21,23). The minimum absolute atomic E-state index is 0.250. The minimum atomic E-state index is -0.250. The van der Waals surface area contributed by atoms with Crippen LogP contribution in [0.4, 0.5) is 9.52 Å². The number of benzene rings is 2. The van der Waals surface area contributed by atoms with E-state index in [9.17, 15) is 4.39 Å². The van der Waals surface area contributed by atoms with Gasteiger partial charge in [-0.15, -0.1) is 5.10 Å². The van der Waals surface area contributed by atoms with E-state index in [-0.39, 0.29) is 5.82 Å². The van der Waals surface area contributed by atoms with Crippen molar-refractivity contribution in [2.45, 2.75) is 6.54 Å². The number of hydrogen-bond donors (Lipinski definition) is 1. The largest absolute Gasteiger partial charge is 0.497 e. The van der Waals surface area contributed by atoms with Crippen molar-refractivity contribution in [3.8, 4) is 17.0 Å². The summed E-state index contributed by atoms with van der Waals surface area (Å²) in [6.07, 6.45) is 0. The highest BCUT2D eigenvalue weighted by Crippen LogP contribution is 2.33. The Morgan fingerprint density at radius 1 is 1.15 bits per heavy atom. The number of fused-ring (bicyclic) bond motifs is 1. The Labute approximate surface area is 158 Å². The van der Waals surface area contributed by atoms with Gasteiger partial charge in [0.25, 0.3) is 0 Å². The maximum absolute atomic E-state index is 13.0. The predicted molar refractivity (Wildman–Crippen MR) is 102 cm³/mol. The first-order valence-corrected chi connectivity index (χ1v) is 9.01. The highest BCUT2D eigenvalue weighted by atomic mass is 35.5. The van der Waals surface area contributed by atoms with E-state index in [2.05, 4.69) is 15.4 Å². The molecule has 0 saturated carbocycles. The average molecular weight is 389 g/mol. The molecular weight excluding hydrogens is 375 g/mol. The molecule has 2 aromatic carbocycles. The molecule has 0 aliphatic heterocycles. The van der Waals surface area contributed by atoms with E-state index < -0.39 is 0 Å². The van der Waals surface area contributed by atoms with Gasteiger partial charge in [0.1, 0.15) is 17.3 Å². The molecule has 0 saturated heterocycles. The molecule has 132 valence electrons. The summed E-state index contributed by atoms with van der Waals surface area (Å²) in [5.41, 5.74) is 2.60. The average Bonchev–Trinajstić information content (AvgIpc) is 3.17. The van der Waals surface area contributed by atoms with Crippen molar-refractivity contribution in [1.82, 2.24) is 14.6 Å². The smallest absolute Gasteiger partial charge is 0.215 e. The van der Waals surface area contributed by atoms with E-state index in [1.54, 1.807) is 23.8 Å². The van der Waals surface area contributed by atoms with Gasteiger partial charge in [0, 0.05) is 12.1 Å². The molecule has 4 rings (SSSR count). The number of rotatable bonds is 5. The van der Waals surface area contributed by atoms with Crippen LogP contribution in [-0.4, -0.2) is 21.7 Å². The van der Waals surface area contributed by atoms with Crippen LogP contribution in [0.3, 0.4) is 0 Å². The van der Waals surface area contributed by atoms with Crippen LogP contribution in [0.2, 0.25) is 5.15 Å². The lowest BCUT2D eigenvalue weighted by atomic mass is 10.1. The Balaban J connectivity index is 1.61. The van der Waals surface area contributed by atoms with Crippen LogP contribution in [0, 0.1) is 5.82 Å². The van der Waals surface area contributed by atoms with E-state index in [1.165, 1.54) is 23.5 Å². The number of methoxy groups -OCH3 is 1. The molecule has 0 aliphatic rings. The first-order valence-electron chi connectivity index (χ1n) is 7.82. The van der Waals surface area contributed by atoms with Crippen molar-refractivity contribution in [2.75, 3.05) is 12.4 Å². The Hall–Kier alpha value is -2.64. The highest BCUT2D eigenvalue weighted by molar-refractivity contribution is 7.20. The molecule has 26 heavy (non-hydrogen) atoms. The molecule has 2 heterocycles. The SMILES string of the molecule is COc1ccc(-c2c(Cl)nc3sc(NCc4ccc(F)cc4)nn23)cc1. The molecule has 4 aromatic rings. The molecule has 1 N–H and O–H groups in total. The van der Waals surface area contributed by atoms with Crippen molar-refractivity contribution in [2.24, 2.45) is 0 Å². The van der Waals surface area contributed by atoms with Crippen LogP contribution in [-0.2, 0) is 6.54 Å². The van der Waals surface area contributed by atoms with Gasteiger partial charge in [-0.05, 0) is 42.0 Å². The molecule has 8 heteroatoms. The van der Waals surface area contributed by atoms with Gasteiger partial charge in [-0.1, -0.05) is 35.1 Å². The van der Waals surface area contributed by atoms with E-state index >= 15 is 0 Å². The van der Waals surface area contributed by atoms with E-state index in [4.69, 9.17) is 16.3 Å². The summed E-state index contributed by atoms with van der Waals surface area (Å²) < 4.78 is 19.9. The van der Waals surface area contributed by atoms with Gasteiger partial charge in [0.05, 0.1) is 7.11 Å². The topological polar surface area (TPSA) is 51.5 Å². The Bertz CT molecular complexity index is 1040. The van der Waals surface area contributed by atoms with Crippen LogP contribution in [0.25, 0.3) is 16.2 Å². The monoisotopic (exact) mass is 388 g/mol. The van der Waals surface area contributed by atoms with Crippen molar-refractivity contribution >= 4 is 33.0 Å². The number of imidazole rings is 1. The van der Waals surface area contributed by atoms with Crippen LogP contribution >= 0.6 is 22.9 Å². The number of nitrogens with one attached hydrogen (secondary N) is 1. The van der Waals surface area contributed by atoms with Crippen LogP contribution in [0.15, 0.2) is 48.5 Å². The molecule has 0 fully saturated rings. The zero-order chi connectivity index (χ0) is 18.1. The lowest BCUT2D eigenvalue weighted by molar-refractivity contribution is 0.415. The van der Waals surface area contributed by atoms with Crippen LogP contribution in [0.1, 0.15) is 5.56 Å². The normalized spacial score (nSPS) is 11.0. The van der Waals surface area contributed by atoms with Gasteiger partial charge in [-0.2, -0.15) is 4.52 Å². The molecule has 0 spiro atoms. The van der Waals surface area contributed by atoms with Crippen molar-refractivity contribution in [1.29, 1.82) is 0 Å². The predicted octanol–water partition coefficient (Wildman–Crippen LogP) is 4.87. The number of nitrogens with zero attached hydrogens (tertiary/aromatic N) is 3. The number of anilines is 1. The third kappa shape index (κ3) is 3.23. The van der Waals surface area contributed by atoms with E-state index in [1.807, 2.05) is 24.3 Å². The number of hydrogen-bond acceptors (Lipinski definition) is 5. The van der Waals surface area contributed by atoms with E-state index in [0.717, 1.165) is 22.6 Å². The van der Waals surface area contributed by atoms with Crippen molar-refractivity contribution in [3.63, 3.8) is 0 Å². The first-order chi connectivity index (χ1) is 12.6. The summed E-state index contributed by atoms with van der Waals surface area (Å²) >= 11 is 7.71. The van der Waals surface area contributed by atoms with Crippen LogP contribution < -0.4 is 10.1 Å². The summed E-state index contributed by atoms with van der Waals surface area (Å²) in [6, 6.07) is 13.9. The number of aromatic nitrogens is 3. The van der Waals surface area contributed by atoms with Crippen molar-refractivity contribution in [3.05, 3.63) is 65.1 Å². The lowest BCUT2D eigenvalue weighted by Crippen LogP contribution is -2.00. The summed E-state index contributed by atoms with van der Waals surface area (Å²) in [7, 11) is 1.62. The van der Waals surface area contributed by atoms with Crippen LogP contribution in [0.5, 0.6) is 5.75 Å². The lowest BCUT2D eigenvalue weighted by Gasteiger charge is -2.03. The molecule has 0 aliphatic carbocycles.